The monoisotopic (exact) mass is 356 g/mol. The third-order valence-electron chi connectivity index (χ3n) is 2.04. The highest BCUT2D eigenvalue weighted by molar-refractivity contribution is 9.10. The van der Waals surface area contributed by atoms with Gasteiger partial charge in [0.2, 0.25) is 0 Å². The highest BCUT2D eigenvalue weighted by Gasteiger charge is 2.09. The maximum Gasteiger partial charge on any atom is 0.264 e. The molecule has 0 heterocycles. The molecule has 1 aromatic rings. The maximum absolute atomic E-state index is 10.8. The number of halogens is 2. The lowest BCUT2D eigenvalue weighted by atomic mass is 10.3. The Morgan fingerprint density at radius 3 is 2.67 bits per heavy atom. The molecule has 0 aliphatic rings. The van der Waals surface area contributed by atoms with Gasteiger partial charge >= 0.3 is 0 Å². The summed E-state index contributed by atoms with van der Waals surface area (Å²) in [4.78, 5) is 0. The van der Waals surface area contributed by atoms with E-state index < -0.39 is 10.1 Å². The van der Waals surface area contributed by atoms with Crippen LogP contribution < -0.4 is 4.74 Å². The Kier molecular flexibility index (Phi) is 5.91. The zero-order chi connectivity index (χ0) is 13.8. The summed E-state index contributed by atoms with van der Waals surface area (Å²) in [5.74, 6) is 0.659. The molecule has 0 aromatic heterocycles. The van der Waals surface area contributed by atoms with Crippen LogP contribution in [0.2, 0.25) is 5.02 Å². The Morgan fingerprint density at radius 1 is 1.44 bits per heavy atom. The van der Waals surface area contributed by atoms with Crippen LogP contribution in [0.25, 0.3) is 0 Å². The van der Waals surface area contributed by atoms with Crippen molar-refractivity contribution in [3.8, 4) is 5.75 Å². The minimum absolute atomic E-state index is 0.102. The van der Waals surface area contributed by atoms with Crippen molar-refractivity contribution in [2.24, 2.45) is 0 Å². The molecule has 0 unspecified atom stereocenters. The lowest BCUT2D eigenvalue weighted by Crippen LogP contribution is -2.16. The van der Waals surface area contributed by atoms with Gasteiger partial charge in [-0.2, -0.15) is 8.42 Å². The van der Waals surface area contributed by atoms with Crippen molar-refractivity contribution in [2.45, 2.75) is 19.4 Å². The van der Waals surface area contributed by atoms with Gasteiger partial charge in [0.15, 0.2) is 0 Å². The molecular formula is C11H14BrClO4S. The average molecular weight is 358 g/mol. The molecule has 0 fully saturated rings. The van der Waals surface area contributed by atoms with Crippen LogP contribution in [-0.4, -0.2) is 27.4 Å². The van der Waals surface area contributed by atoms with Gasteiger partial charge < -0.3 is 4.74 Å². The van der Waals surface area contributed by atoms with Crippen molar-refractivity contribution in [1.82, 2.24) is 0 Å². The van der Waals surface area contributed by atoms with Crippen LogP contribution in [0.3, 0.4) is 0 Å². The summed E-state index contributed by atoms with van der Waals surface area (Å²) in [5.41, 5.74) is 0. The van der Waals surface area contributed by atoms with Crippen LogP contribution in [-0.2, 0) is 14.3 Å². The van der Waals surface area contributed by atoms with Crippen LogP contribution in [0.15, 0.2) is 22.7 Å². The van der Waals surface area contributed by atoms with E-state index >= 15 is 0 Å². The zero-order valence-corrected chi connectivity index (χ0v) is 13.2. The first-order valence-corrected chi connectivity index (χ1v) is 8.23. The van der Waals surface area contributed by atoms with Gasteiger partial charge in [0.1, 0.15) is 5.75 Å². The lowest BCUT2D eigenvalue weighted by Gasteiger charge is -2.15. The minimum Gasteiger partial charge on any atom is -0.489 e. The molecule has 0 N–H and O–H groups in total. The van der Waals surface area contributed by atoms with Crippen molar-refractivity contribution in [3.63, 3.8) is 0 Å². The van der Waals surface area contributed by atoms with Gasteiger partial charge in [-0.3, -0.25) is 4.18 Å². The molecule has 1 rings (SSSR count). The van der Waals surface area contributed by atoms with Gasteiger partial charge in [-0.15, -0.1) is 0 Å². The van der Waals surface area contributed by atoms with Crippen LogP contribution in [0, 0.1) is 0 Å². The van der Waals surface area contributed by atoms with Gasteiger partial charge in [0, 0.05) is 11.4 Å². The average Bonchev–Trinajstić information content (AvgIpc) is 2.20. The van der Waals surface area contributed by atoms with Gasteiger partial charge in [0.05, 0.1) is 23.4 Å². The van der Waals surface area contributed by atoms with E-state index in [1.807, 2.05) is 6.92 Å². The highest BCUT2D eigenvalue weighted by Crippen LogP contribution is 2.29. The Hall–Kier alpha value is -0.300. The summed E-state index contributed by atoms with van der Waals surface area (Å²) in [6.07, 6.45) is 1.33. The summed E-state index contributed by atoms with van der Waals surface area (Å²) in [7, 11) is -3.39. The second kappa shape index (κ2) is 6.75. The molecule has 4 nitrogen and oxygen atoms in total. The summed E-state index contributed by atoms with van der Waals surface area (Å²) in [5, 5.41) is 0.613. The first-order valence-electron chi connectivity index (χ1n) is 5.24. The molecule has 0 aliphatic carbocycles. The standard InChI is InChI=1S/C11H14BrClO4S/c1-8(5-6-16-18(2,14)15)17-11-4-3-9(13)7-10(11)12/h3-4,7-8H,5-6H2,1-2H3/t8-/m1/s1. The quantitative estimate of drug-likeness (QED) is 0.733. The molecule has 0 amide bonds. The Labute approximate surface area is 120 Å². The van der Waals surface area contributed by atoms with Crippen LogP contribution >= 0.6 is 27.5 Å². The van der Waals surface area contributed by atoms with Crippen molar-refractivity contribution < 1.29 is 17.3 Å². The summed E-state index contributed by atoms with van der Waals surface area (Å²) in [6.45, 7) is 1.94. The summed E-state index contributed by atoms with van der Waals surface area (Å²) >= 11 is 9.15. The Morgan fingerprint density at radius 2 is 2.11 bits per heavy atom. The Bertz CT molecular complexity index is 504. The molecule has 0 aliphatic heterocycles. The van der Waals surface area contributed by atoms with E-state index in [1.54, 1.807) is 18.2 Å². The maximum atomic E-state index is 10.8. The second-order valence-corrected chi connectivity index (χ2v) is 6.75. The molecule has 1 aromatic carbocycles. The minimum atomic E-state index is -3.39. The van der Waals surface area contributed by atoms with E-state index in [0.717, 1.165) is 10.7 Å². The topological polar surface area (TPSA) is 52.6 Å². The number of ether oxygens (including phenoxy) is 1. The van der Waals surface area contributed by atoms with E-state index in [1.165, 1.54) is 0 Å². The van der Waals surface area contributed by atoms with Gasteiger partial charge in [-0.25, -0.2) is 0 Å². The van der Waals surface area contributed by atoms with E-state index in [9.17, 15) is 8.42 Å². The van der Waals surface area contributed by atoms with Crippen molar-refractivity contribution in [1.29, 1.82) is 0 Å². The summed E-state index contributed by atoms with van der Waals surface area (Å²) in [6, 6.07) is 5.21. The number of benzene rings is 1. The van der Waals surface area contributed by atoms with E-state index in [2.05, 4.69) is 20.1 Å². The molecule has 7 heteroatoms. The van der Waals surface area contributed by atoms with Crippen LogP contribution in [0.1, 0.15) is 13.3 Å². The number of rotatable bonds is 6. The van der Waals surface area contributed by atoms with Crippen molar-refractivity contribution >= 4 is 37.6 Å². The molecular weight excluding hydrogens is 344 g/mol. The first-order chi connectivity index (χ1) is 8.28. The summed E-state index contributed by atoms with van der Waals surface area (Å²) < 4.78 is 32.6. The molecule has 0 saturated carbocycles. The van der Waals surface area contributed by atoms with Gasteiger partial charge in [-0.1, -0.05) is 11.6 Å². The van der Waals surface area contributed by atoms with Crippen LogP contribution in [0.5, 0.6) is 5.75 Å². The van der Waals surface area contributed by atoms with Gasteiger partial charge in [-0.05, 0) is 41.1 Å². The first kappa shape index (κ1) is 15.8. The molecule has 18 heavy (non-hydrogen) atoms. The predicted molar refractivity (Wildman–Crippen MR) is 74.7 cm³/mol. The molecule has 0 bridgehead atoms. The number of hydrogen-bond donors (Lipinski definition) is 0. The van der Waals surface area contributed by atoms with Crippen molar-refractivity contribution in [2.75, 3.05) is 12.9 Å². The largest absolute Gasteiger partial charge is 0.489 e. The SMILES string of the molecule is C[C@H](CCOS(C)(=O)=O)Oc1ccc(Cl)cc1Br. The number of hydrogen-bond acceptors (Lipinski definition) is 4. The van der Waals surface area contributed by atoms with Gasteiger partial charge in [0.25, 0.3) is 10.1 Å². The third-order valence-corrected chi connectivity index (χ3v) is 3.49. The van der Waals surface area contributed by atoms with Crippen LogP contribution in [0.4, 0.5) is 0 Å². The second-order valence-electron chi connectivity index (χ2n) is 3.82. The van der Waals surface area contributed by atoms with E-state index in [0.29, 0.717) is 17.2 Å². The van der Waals surface area contributed by atoms with Crippen molar-refractivity contribution in [3.05, 3.63) is 27.7 Å². The molecule has 0 radical (unpaired) electrons. The highest BCUT2D eigenvalue weighted by atomic mass is 79.9. The zero-order valence-electron chi connectivity index (χ0n) is 10.0. The molecule has 102 valence electrons. The Balaban J connectivity index is 2.47. The lowest BCUT2D eigenvalue weighted by molar-refractivity contribution is 0.179. The predicted octanol–water partition coefficient (Wildman–Crippen LogP) is 3.24. The molecule has 1 atom stereocenters. The fourth-order valence-corrected chi connectivity index (χ4v) is 2.39. The fourth-order valence-electron chi connectivity index (χ4n) is 1.21. The van der Waals surface area contributed by atoms with E-state index in [4.69, 9.17) is 16.3 Å². The normalized spacial score (nSPS) is 13.3. The smallest absolute Gasteiger partial charge is 0.264 e. The third kappa shape index (κ3) is 6.04. The van der Waals surface area contributed by atoms with E-state index in [-0.39, 0.29) is 12.7 Å². The fraction of sp³-hybridized carbons (Fsp3) is 0.455. The molecule has 0 saturated heterocycles. The molecule has 0 spiro atoms.